The predicted octanol–water partition coefficient (Wildman–Crippen LogP) is 3.22. The van der Waals surface area contributed by atoms with E-state index in [2.05, 4.69) is 4.90 Å². The number of nitro groups is 1. The maximum atomic E-state index is 12.7. The van der Waals surface area contributed by atoms with Crippen LogP contribution in [0.1, 0.15) is 10.4 Å². The minimum Gasteiger partial charge on any atom is -0.490 e. The summed E-state index contributed by atoms with van der Waals surface area (Å²) in [5, 5.41) is 11.8. The van der Waals surface area contributed by atoms with Gasteiger partial charge in [-0.3, -0.25) is 14.9 Å². The van der Waals surface area contributed by atoms with Gasteiger partial charge in [0.1, 0.15) is 0 Å². The van der Waals surface area contributed by atoms with E-state index < -0.39 is 4.92 Å². The van der Waals surface area contributed by atoms with Gasteiger partial charge in [0.15, 0.2) is 5.75 Å². The Balaban J connectivity index is 1.70. The maximum Gasteiger partial charge on any atom is 0.311 e. The summed E-state index contributed by atoms with van der Waals surface area (Å²) in [6.07, 6.45) is 0. The van der Waals surface area contributed by atoms with Gasteiger partial charge >= 0.3 is 5.69 Å². The second-order valence-corrected chi connectivity index (χ2v) is 6.34. The van der Waals surface area contributed by atoms with Gasteiger partial charge in [0.2, 0.25) is 0 Å². The number of benzene rings is 2. The van der Waals surface area contributed by atoms with E-state index in [1.807, 2.05) is 24.3 Å². The SMILES string of the molecule is COc1ccc(C(=O)N2CCN(c3cccc(Cl)c3)CC2)cc1[N+](=O)[O-]. The minimum atomic E-state index is -0.549. The average molecular weight is 376 g/mol. The smallest absolute Gasteiger partial charge is 0.311 e. The number of nitrogens with zero attached hydrogens (tertiary/aromatic N) is 3. The molecule has 0 atom stereocenters. The van der Waals surface area contributed by atoms with Gasteiger partial charge in [0.05, 0.1) is 12.0 Å². The Hall–Kier alpha value is -2.80. The van der Waals surface area contributed by atoms with E-state index >= 15 is 0 Å². The van der Waals surface area contributed by atoms with Gasteiger partial charge in [-0.1, -0.05) is 17.7 Å². The van der Waals surface area contributed by atoms with Crippen molar-refractivity contribution in [1.82, 2.24) is 4.90 Å². The molecule has 1 aliphatic heterocycles. The van der Waals surface area contributed by atoms with Gasteiger partial charge < -0.3 is 14.5 Å². The summed E-state index contributed by atoms with van der Waals surface area (Å²) in [7, 11) is 1.36. The number of anilines is 1. The highest BCUT2D eigenvalue weighted by Gasteiger charge is 2.25. The molecule has 0 N–H and O–H groups in total. The Bertz CT molecular complexity index is 835. The number of rotatable bonds is 4. The first-order chi connectivity index (χ1) is 12.5. The lowest BCUT2D eigenvalue weighted by molar-refractivity contribution is -0.385. The monoisotopic (exact) mass is 375 g/mol. The van der Waals surface area contributed by atoms with Crippen LogP contribution in [0.25, 0.3) is 0 Å². The molecular formula is C18H18ClN3O4. The lowest BCUT2D eigenvalue weighted by Crippen LogP contribution is -2.48. The Morgan fingerprint density at radius 1 is 1.15 bits per heavy atom. The third-order valence-electron chi connectivity index (χ3n) is 4.36. The summed E-state index contributed by atoms with van der Waals surface area (Å²) >= 11 is 6.03. The lowest BCUT2D eigenvalue weighted by Gasteiger charge is -2.36. The van der Waals surface area contributed by atoms with E-state index in [4.69, 9.17) is 16.3 Å². The van der Waals surface area contributed by atoms with Crippen LogP contribution < -0.4 is 9.64 Å². The van der Waals surface area contributed by atoms with Crippen molar-refractivity contribution in [2.45, 2.75) is 0 Å². The normalized spacial score (nSPS) is 14.2. The van der Waals surface area contributed by atoms with Crippen molar-refractivity contribution in [1.29, 1.82) is 0 Å². The molecule has 0 bridgehead atoms. The summed E-state index contributed by atoms with van der Waals surface area (Å²) in [6.45, 7) is 2.41. The van der Waals surface area contributed by atoms with Gasteiger partial charge in [-0.2, -0.15) is 0 Å². The molecule has 0 aliphatic carbocycles. The fourth-order valence-corrected chi connectivity index (χ4v) is 3.17. The van der Waals surface area contributed by atoms with Crippen LogP contribution >= 0.6 is 11.6 Å². The molecule has 1 saturated heterocycles. The summed E-state index contributed by atoms with van der Waals surface area (Å²) in [6, 6.07) is 11.9. The van der Waals surface area contributed by atoms with Crippen molar-refractivity contribution in [3.05, 3.63) is 63.2 Å². The van der Waals surface area contributed by atoms with Gasteiger partial charge in [0, 0.05) is 48.5 Å². The molecule has 2 aromatic rings. The Morgan fingerprint density at radius 3 is 2.50 bits per heavy atom. The van der Waals surface area contributed by atoms with E-state index in [0.29, 0.717) is 31.2 Å². The molecule has 0 saturated carbocycles. The minimum absolute atomic E-state index is 0.136. The van der Waals surface area contributed by atoms with Gasteiger partial charge in [-0.05, 0) is 30.3 Å². The summed E-state index contributed by atoms with van der Waals surface area (Å²) in [4.78, 5) is 27.1. The summed E-state index contributed by atoms with van der Waals surface area (Å²) in [5.41, 5.74) is 1.09. The number of ether oxygens (including phenoxy) is 1. The Kier molecular flexibility index (Phi) is 5.27. The zero-order valence-electron chi connectivity index (χ0n) is 14.2. The highest BCUT2D eigenvalue weighted by molar-refractivity contribution is 6.30. The standard InChI is InChI=1S/C18H18ClN3O4/c1-26-17-6-5-13(11-16(17)22(24)25)18(23)21-9-7-20(8-10-21)15-4-2-3-14(19)12-15/h2-6,11-12H,7-10H2,1H3. The molecule has 1 fully saturated rings. The molecule has 0 unspecified atom stereocenters. The fourth-order valence-electron chi connectivity index (χ4n) is 2.99. The summed E-state index contributed by atoms with van der Waals surface area (Å²) in [5.74, 6) is -0.0844. The van der Waals surface area contributed by atoms with Crippen LogP contribution in [0.2, 0.25) is 5.02 Å². The number of halogens is 1. The number of piperazine rings is 1. The molecule has 0 radical (unpaired) electrons. The molecule has 1 heterocycles. The van der Waals surface area contributed by atoms with E-state index in [9.17, 15) is 14.9 Å². The summed E-state index contributed by atoms with van der Waals surface area (Å²) < 4.78 is 4.98. The van der Waals surface area contributed by atoms with Crippen molar-refractivity contribution in [3.63, 3.8) is 0 Å². The van der Waals surface area contributed by atoms with Crippen LogP contribution in [0.4, 0.5) is 11.4 Å². The van der Waals surface area contributed by atoms with Crippen LogP contribution in [-0.4, -0.2) is 49.0 Å². The van der Waals surface area contributed by atoms with Crippen LogP contribution in [0.3, 0.4) is 0 Å². The topological polar surface area (TPSA) is 75.9 Å². The molecular weight excluding hydrogens is 358 g/mol. The molecule has 136 valence electrons. The first-order valence-corrected chi connectivity index (χ1v) is 8.49. The molecule has 1 amide bonds. The molecule has 0 spiro atoms. The van der Waals surface area contributed by atoms with Gasteiger partial charge in [0.25, 0.3) is 5.91 Å². The first kappa shape index (κ1) is 18.0. The maximum absolute atomic E-state index is 12.7. The lowest BCUT2D eigenvalue weighted by atomic mass is 10.1. The molecule has 3 rings (SSSR count). The largest absolute Gasteiger partial charge is 0.490 e. The van der Waals surface area contributed by atoms with Gasteiger partial charge in [-0.15, -0.1) is 0 Å². The van der Waals surface area contributed by atoms with Gasteiger partial charge in [-0.25, -0.2) is 0 Å². The highest BCUT2D eigenvalue weighted by atomic mass is 35.5. The molecule has 7 nitrogen and oxygen atoms in total. The first-order valence-electron chi connectivity index (χ1n) is 8.12. The van der Waals surface area contributed by atoms with Crippen LogP contribution in [0.5, 0.6) is 5.75 Å². The van der Waals surface area contributed by atoms with Crippen molar-refractivity contribution in [2.24, 2.45) is 0 Å². The number of carbonyl (C=O) groups excluding carboxylic acids is 1. The molecule has 8 heteroatoms. The number of hydrogen-bond acceptors (Lipinski definition) is 5. The quantitative estimate of drug-likeness (QED) is 0.605. The van der Waals surface area contributed by atoms with Crippen LogP contribution in [0.15, 0.2) is 42.5 Å². The highest BCUT2D eigenvalue weighted by Crippen LogP contribution is 2.28. The second-order valence-electron chi connectivity index (χ2n) is 5.90. The number of hydrogen-bond donors (Lipinski definition) is 0. The Morgan fingerprint density at radius 2 is 1.88 bits per heavy atom. The van der Waals surface area contributed by atoms with E-state index in [1.54, 1.807) is 11.0 Å². The van der Waals surface area contributed by atoms with Crippen molar-refractivity contribution in [2.75, 3.05) is 38.2 Å². The van der Waals surface area contributed by atoms with E-state index in [-0.39, 0.29) is 22.9 Å². The van der Waals surface area contributed by atoms with Crippen molar-refractivity contribution < 1.29 is 14.5 Å². The van der Waals surface area contributed by atoms with Crippen molar-refractivity contribution in [3.8, 4) is 5.75 Å². The van der Waals surface area contributed by atoms with E-state index in [1.165, 1.54) is 19.2 Å². The van der Waals surface area contributed by atoms with Crippen molar-refractivity contribution >= 4 is 28.9 Å². The number of amides is 1. The number of carbonyl (C=O) groups is 1. The fraction of sp³-hybridized carbons (Fsp3) is 0.278. The molecule has 1 aliphatic rings. The van der Waals surface area contributed by atoms with E-state index in [0.717, 1.165) is 5.69 Å². The van der Waals surface area contributed by atoms with Crippen LogP contribution in [-0.2, 0) is 0 Å². The molecule has 26 heavy (non-hydrogen) atoms. The third-order valence-corrected chi connectivity index (χ3v) is 4.60. The predicted molar refractivity (Wildman–Crippen MR) is 99.2 cm³/mol. The molecule has 0 aromatic heterocycles. The average Bonchev–Trinajstić information content (AvgIpc) is 2.67. The molecule has 2 aromatic carbocycles. The second kappa shape index (κ2) is 7.61. The third kappa shape index (κ3) is 3.72. The number of methoxy groups -OCH3 is 1. The van der Waals surface area contributed by atoms with Crippen LogP contribution in [0, 0.1) is 10.1 Å². The zero-order chi connectivity index (χ0) is 18.7. The number of nitro benzene ring substituents is 1. The zero-order valence-corrected chi connectivity index (χ0v) is 15.0. The Labute approximate surface area is 155 Å².